The molecule has 0 saturated carbocycles. The molecule has 0 aliphatic carbocycles. The number of sulfonamides is 1. The first-order chi connectivity index (χ1) is 9.12. The normalized spacial score (nSPS) is 11.4. The van der Waals surface area contributed by atoms with Crippen molar-refractivity contribution in [3.8, 4) is 0 Å². The van der Waals surface area contributed by atoms with Crippen molar-refractivity contribution in [2.75, 3.05) is 0 Å². The van der Waals surface area contributed by atoms with Gasteiger partial charge in [-0.1, -0.05) is 30.3 Å². The monoisotopic (exact) mass is 277 g/mol. The Morgan fingerprint density at radius 2 is 1.84 bits per heavy atom. The molecule has 0 radical (unpaired) electrons. The summed E-state index contributed by atoms with van der Waals surface area (Å²) in [6, 6.07) is 12.4. The van der Waals surface area contributed by atoms with Gasteiger partial charge in [-0.25, -0.2) is 13.1 Å². The van der Waals surface area contributed by atoms with Crippen LogP contribution in [0.5, 0.6) is 0 Å². The molecule has 0 bridgehead atoms. The standard InChI is InChI=1S/C13H15N3O2S/c14-8-12-6-7-13(10-15-12)19(17,18)16-9-11-4-2-1-3-5-11/h1-7,10,16H,8-9,14H2. The number of aromatic nitrogens is 1. The van der Waals surface area contributed by atoms with E-state index in [9.17, 15) is 8.42 Å². The topological polar surface area (TPSA) is 85.1 Å². The van der Waals surface area contributed by atoms with Crippen molar-refractivity contribution >= 4 is 10.0 Å². The van der Waals surface area contributed by atoms with Crippen molar-refractivity contribution in [1.82, 2.24) is 9.71 Å². The Morgan fingerprint density at radius 3 is 2.42 bits per heavy atom. The lowest BCUT2D eigenvalue weighted by atomic mass is 10.2. The Balaban J connectivity index is 2.09. The summed E-state index contributed by atoms with van der Waals surface area (Å²) in [7, 11) is -3.54. The van der Waals surface area contributed by atoms with E-state index in [0.29, 0.717) is 5.69 Å². The third kappa shape index (κ3) is 3.60. The number of pyridine rings is 1. The van der Waals surface area contributed by atoms with Gasteiger partial charge < -0.3 is 5.73 Å². The van der Waals surface area contributed by atoms with Crippen molar-refractivity contribution in [2.24, 2.45) is 5.73 Å². The molecule has 0 fully saturated rings. The summed E-state index contributed by atoms with van der Waals surface area (Å²) in [5.41, 5.74) is 6.97. The minimum atomic E-state index is -3.54. The second-order valence-electron chi connectivity index (χ2n) is 4.00. The molecule has 1 heterocycles. The zero-order valence-electron chi connectivity index (χ0n) is 10.3. The van der Waals surface area contributed by atoms with Crippen molar-refractivity contribution in [3.63, 3.8) is 0 Å². The number of rotatable bonds is 5. The average molecular weight is 277 g/mol. The van der Waals surface area contributed by atoms with E-state index < -0.39 is 10.0 Å². The molecule has 0 spiro atoms. The van der Waals surface area contributed by atoms with Crippen LogP contribution < -0.4 is 10.5 Å². The van der Waals surface area contributed by atoms with Gasteiger partial charge in [-0.05, 0) is 17.7 Å². The molecule has 0 aliphatic rings. The van der Waals surface area contributed by atoms with Crippen molar-refractivity contribution in [2.45, 2.75) is 18.0 Å². The van der Waals surface area contributed by atoms with Crippen LogP contribution >= 0.6 is 0 Å². The van der Waals surface area contributed by atoms with E-state index in [2.05, 4.69) is 9.71 Å². The van der Waals surface area contributed by atoms with Crippen LogP contribution in [0.4, 0.5) is 0 Å². The van der Waals surface area contributed by atoms with Crippen LogP contribution in [-0.2, 0) is 23.1 Å². The van der Waals surface area contributed by atoms with Crippen molar-refractivity contribution in [1.29, 1.82) is 0 Å². The molecule has 2 aromatic rings. The molecule has 19 heavy (non-hydrogen) atoms. The first kappa shape index (κ1) is 13.7. The van der Waals surface area contributed by atoms with E-state index in [0.717, 1.165) is 5.56 Å². The smallest absolute Gasteiger partial charge is 0.242 e. The highest BCUT2D eigenvalue weighted by atomic mass is 32.2. The van der Waals surface area contributed by atoms with E-state index in [1.54, 1.807) is 6.07 Å². The Labute approximate surface area is 112 Å². The molecule has 0 saturated heterocycles. The second kappa shape index (κ2) is 5.92. The first-order valence-corrected chi connectivity index (χ1v) is 7.29. The first-order valence-electron chi connectivity index (χ1n) is 5.80. The van der Waals surface area contributed by atoms with Gasteiger partial charge in [0.25, 0.3) is 0 Å². The Hall–Kier alpha value is -1.76. The highest BCUT2D eigenvalue weighted by Gasteiger charge is 2.13. The van der Waals surface area contributed by atoms with Gasteiger partial charge in [0.1, 0.15) is 4.90 Å². The maximum atomic E-state index is 12.0. The molecular formula is C13H15N3O2S. The van der Waals surface area contributed by atoms with Gasteiger partial charge in [-0.3, -0.25) is 4.98 Å². The summed E-state index contributed by atoms with van der Waals surface area (Å²) < 4.78 is 26.6. The van der Waals surface area contributed by atoms with Crippen molar-refractivity contribution in [3.05, 3.63) is 59.9 Å². The lowest BCUT2D eigenvalue weighted by Gasteiger charge is -2.07. The highest BCUT2D eigenvalue weighted by Crippen LogP contribution is 2.08. The molecule has 1 aromatic heterocycles. The summed E-state index contributed by atoms with van der Waals surface area (Å²) in [5, 5.41) is 0. The lowest BCUT2D eigenvalue weighted by Crippen LogP contribution is -2.23. The maximum absolute atomic E-state index is 12.0. The van der Waals surface area contributed by atoms with Gasteiger partial charge in [0.05, 0.1) is 5.69 Å². The third-order valence-corrected chi connectivity index (χ3v) is 4.01. The molecule has 100 valence electrons. The maximum Gasteiger partial charge on any atom is 0.242 e. The van der Waals surface area contributed by atoms with Crippen LogP contribution in [-0.4, -0.2) is 13.4 Å². The lowest BCUT2D eigenvalue weighted by molar-refractivity contribution is 0.581. The summed E-state index contributed by atoms with van der Waals surface area (Å²) in [5.74, 6) is 0. The summed E-state index contributed by atoms with van der Waals surface area (Å²) in [4.78, 5) is 4.11. The van der Waals surface area contributed by atoms with Crippen LogP contribution in [0.1, 0.15) is 11.3 Å². The van der Waals surface area contributed by atoms with E-state index in [4.69, 9.17) is 5.73 Å². The summed E-state index contributed by atoms with van der Waals surface area (Å²) in [6.07, 6.45) is 1.32. The quantitative estimate of drug-likeness (QED) is 0.854. The van der Waals surface area contributed by atoms with Crippen molar-refractivity contribution < 1.29 is 8.42 Å². The van der Waals surface area contributed by atoms with E-state index in [1.807, 2.05) is 30.3 Å². The summed E-state index contributed by atoms with van der Waals surface area (Å²) >= 11 is 0. The third-order valence-electron chi connectivity index (χ3n) is 2.63. The van der Waals surface area contributed by atoms with E-state index in [-0.39, 0.29) is 18.0 Å². The molecule has 6 heteroatoms. The van der Waals surface area contributed by atoms with Crippen LogP contribution in [0, 0.1) is 0 Å². The van der Waals surface area contributed by atoms with Crippen LogP contribution in [0.15, 0.2) is 53.6 Å². The van der Waals surface area contributed by atoms with Crippen LogP contribution in [0.25, 0.3) is 0 Å². The molecule has 0 unspecified atom stereocenters. The largest absolute Gasteiger partial charge is 0.325 e. The van der Waals surface area contributed by atoms with Gasteiger partial charge in [-0.15, -0.1) is 0 Å². The molecule has 1 aromatic carbocycles. The van der Waals surface area contributed by atoms with Crippen LogP contribution in [0.3, 0.4) is 0 Å². The number of nitrogens with two attached hydrogens (primary N) is 1. The number of nitrogens with zero attached hydrogens (tertiary/aromatic N) is 1. The highest BCUT2D eigenvalue weighted by molar-refractivity contribution is 7.89. The van der Waals surface area contributed by atoms with Gasteiger partial charge in [0, 0.05) is 19.3 Å². The number of hydrogen-bond donors (Lipinski definition) is 2. The second-order valence-corrected chi connectivity index (χ2v) is 5.77. The number of hydrogen-bond acceptors (Lipinski definition) is 4. The molecule has 5 nitrogen and oxygen atoms in total. The van der Waals surface area contributed by atoms with Gasteiger partial charge >= 0.3 is 0 Å². The fourth-order valence-electron chi connectivity index (χ4n) is 1.55. The fourth-order valence-corrected chi connectivity index (χ4v) is 2.51. The predicted octanol–water partition coefficient (Wildman–Crippen LogP) is 1.02. The molecule has 0 amide bonds. The minimum Gasteiger partial charge on any atom is -0.325 e. The van der Waals surface area contributed by atoms with Gasteiger partial charge in [-0.2, -0.15) is 0 Å². The Morgan fingerprint density at radius 1 is 1.11 bits per heavy atom. The number of benzene rings is 1. The molecule has 0 aliphatic heterocycles. The predicted molar refractivity (Wildman–Crippen MR) is 72.6 cm³/mol. The van der Waals surface area contributed by atoms with E-state index in [1.165, 1.54) is 12.3 Å². The van der Waals surface area contributed by atoms with Gasteiger partial charge in [0.15, 0.2) is 0 Å². The SMILES string of the molecule is NCc1ccc(S(=O)(=O)NCc2ccccc2)cn1. The summed E-state index contributed by atoms with van der Waals surface area (Å²) in [6.45, 7) is 0.541. The molecule has 2 rings (SSSR count). The molecule has 3 N–H and O–H groups in total. The zero-order valence-corrected chi connectivity index (χ0v) is 11.1. The van der Waals surface area contributed by atoms with E-state index >= 15 is 0 Å². The molecular weight excluding hydrogens is 262 g/mol. The zero-order chi connectivity index (χ0) is 13.7. The number of nitrogens with one attached hydrogen (secondary N) is 1. The average Bonchev–Trinajstić information content (AvgIpc) is 2.46. The van der Waals surface area contributed by atoms with Crippen LogP contribution in [0.2, 0.25) is 0 Å². The Bertz CT molecular complexity index is 625. The van der Waals surface area contributed by atoms with Gasteiger partial charge in [0.2, 0.25) is 10.0 Å². The minimum absolute atomic E-state index is 0.139. The Kier molecular flexibility index (Phi) is 4.26. The fraction of sp³-hybridized carbons (Fsp3) is 0.154. The molecule has 0 atom stereocenters.